The fraction of sp³-hybridized carbons (Fsp3) is 0.429. The molecular formula is C21H29Cl3N2O2. The first-order chi connectivity index (χ1) is 12.6. The molecule has 1 heterocycles. The van der Waals surface area contributed by atoms with Crippen molar-refractivity contribution in [1.82, 2.24) is 9.80 Å². The van der Waals surface area contributed by atoms with Gasteiger partial charge in [-0.2, -0.15) is 0 Å². The molecule has 0 saturated carbocycles. The van der Waals surface area contributed by atoms with Crippen molar-refractivity contribution >= 4 is 36.4 Å². The Morgan fingerprint density at radius 2 is 1.57 bits per heavy atom. The number of aliphatic hydroxyl groups excluding tert-OH is 1. The molecular weight excluding hydrogens is 419 g/mol. The molecule has 28 heavy (non-hydrogen) atoms. The van der Waals surface area contributed by atoms with Crippen LogP contribution in [0.15, 0.2) is 48.5 Å². The molecule has 0 bridgehead atoms. The average Bonchev–Trinajstić information content (AvgIpc) is 2.64. The van der Waals surface area contributed by atoms with E-state index in [9.17, 15) is 0 Å². The largest absolute Gasteiger partial charge is 0.368 e. The highest BCUT2D eigenvalue weighted by Gasteiger charge is 2.17. The van der Waals surface area contributed by atoms with Gasteiger partial charge in [-0.25, -0.2) is 0 Å². The van der Waals surface area contributed by atoms with Gasteiger partial charge in [0.15, 0.2) is 6.29 Å². The van der Waals surface area contributed by atoms with E-state index in [0.717, 1.165) is 55.4 Å². The molecule has 4 nitrogen and oxygen atoms in total. The van der Waals surface area contributed by atoms with Crippen molar-refractivity contribution in [1.29, 1.82) is 0 Å². The molecule has 1 aliphatic heterocycles. The van der Waals surface area contributed by atoms with Crippen molar-refractivity contribution < 1.29 is 9.84 Å². The Labute approximate surface area is 185 Å². The van der Waals surface area contributed by atoms with Crippen LogP contribution in [0.1, 0.15) is 12.5 Å². The predicted molar refractivity (Wildman–Crippen MR) is 121 cm³/mol. The van der Waals surface area contributed by atoms with Crippen LogP contribution >= 0.6 is 36.4 Å². The number of hydrogen-bond donors (Lipinski definition) is 1. The van der Waals surface area contributed by atoms with Crippen LogP contribution in [0.2, 0.25) is 5.02 Å². The molecule has 0 spiro atoms. The Morgan fingerprint density at radius 1 is 0.964 bits per heavy atom. The highest BCUT2D eigenvalue weighted by Crippen LogP contribution is 2.27. The van der Waals surface area contributed by atoms with Gasteiger partial charge in [0.2, 0.25) is 0 Å². The van der Waals surface area contributed by atoms with Gasteiger partial charge in [-0.1, -0.05) is 54.1 Å². The average molecular weight is 448 g/mol. The summed E-state index contributed by atoms with van der Waals surface area (Å²) in [5.41, 5.74) is 3.56. The standard InChI is InChI=1S/C21H27ClN2O2.2ClH/c1-17(25)26-15-14-23-10-12-24(13-11-23)16-18-6-8-19(9-7-18)20-4-2-3-5-21(20)22;;/h2-9,17,25H,10-16H2,1H3;2*1H. The maximum absolute atomic E-state index is 9.14. The summed E-state index contributed by atoms with van der Waals surface area (Å²) in [4.78, 5) is 4.87. The quantitative estimate of drug-likeness (QED) is 0.641. The van der Waals surface area contributed by atoms with Crippen molar-refractivity contribution in [2.24, 2.45) is 0 Å². The minimum Gasteiger partial charge on any atom is -0.368 e. The molecule has 0 aliphatic carbocycles. The second kappa shape index (κ2) is 12.7. The van der Waals surface area contributed by atoms with Crippen molar-refractivity contribution in [3.8, 4) is 11.1 Å². The Balaban J connectivity index is 0.00000196. The summed E-state index contributed by atoms with van der Waals surface area (Å²) < 4.78 is 5.21. The fourth-order valence-corrected chi connectivity index (χ4v) is 3.51. The predicted octanol–water partition coefficient (Wildman–Crippen LogP) is 4.32. The van der Waals surface area contributed by atoms with E-state index in [4.69, 9.17) is 21.4 Å². The summed E-state index contributed by atoms with van der Waals surface area (Å²) in [5.74, 6) is 0. The molecule has 0 aromatic heterocycles. The number of ether oxygens (including phenoxy) is 1. The lowest BCUT2D eigenvalue weighted by Gasteiger charge is -2.34. The zero-order valence-corrected chi connectivity index (χ0v) is 18.5. The van der Waals surface area contributed by atoms with E-state index in [1.54, 1.807) is 6.92 Å². The summed E-state index contributed by atoms with van der Waals surface area (Å²) in [6.45, 7) is 8.28. The van der Waals surface area contributed by atoms with E-state index in [0.29, 0.717) is 6.61 Å². The van der Waals surface area contributed by atoms with E-state index in [1.807, 2.05) is 18.2 Å². The number of aliphatic hydroxyl groups is 1. The minimum atomic E-state index is -0.676. The summed E-state index contributed by atoms with van der Waals surface area (Å²) >= 11 is 6.29. The lowest BCUT2D eigenvalue weighted by Crippen LogP contribution is -2.46. The molecule has 0 radical (unpaired) electrons. The molecule has 7 heteroatoms. The van der Waals surface area contributed by atoms with Gasteiger partial charge in [-0.3, -0.25) is 9.80 Å². The lowest BCUT2D eigenvalue weighted by atomic mass is 10.0. The van der Waals surface area contributed by atoms with Crippen LogP contribution in [0, 0.1) is 0 Å². The Bertz CT molecular complexity index is 690. The van der Waals surface area contributed by atoms with Crippen molar-refractivity contribution in [2.75, 3.05) is 39.3 Å². The van der Waals surface area contributed by atoms with Crippen LogP contribution < -0.4 is 0 Å². The SMILES string of the molecule is CC(O)OCCN1CCN(Cc2ccc(-c3ccccc3Cl)cc2)CC1.Cl.Cl. The molecule has 0 amide bonds. The highest BCUT2D eigenvalue weighted by molar-refractivity contribution is 6.33. The van der Waals surface area contributed by atoms with E-state index in [2.05, 4.69) is 40.1 Å². The number of rotatable bonds is 7. The summed E-state index contributed by atoms with van der Waals surface area (Å²) in [6, 6.07) is 16.6. The van der Waals surface area contributed by atoms with E-state index in [1.165, 1.54) is 5.56 Å². The van der Waals surface area contributed by atoms with Crippen LogP contribution in [-0.2, 0) is 11.3 Å². The zero-order valence-electron chi connectivity index (χ0n) is 16.1. The summed E-state index contributed by atoms with van der Waals surface area (Å²) in [7, 11) is 0. The molecule has 2 aromatic carbocycles. The smallest absolute Gasteiger partial charge is 0.151 e. The summed E-state index contributed by atoms with van der Waals surface area (Å²) in [6.07, 6.45) is -0.676. The fourth-order valence-electron chi connectivity index (χ4n) is 3.27. The molecule has 1 atom stereocenters. The van der Waals surface area contributed by atoms with Gasteiger partial charge < -0.3 is 9.84 Å². The number of benzene rings is 2. The molecule has 1 unspecified atom stereocenters. The third kappa shape index (κ3) is 7.53. The van der Waals surface area contributed by atoms with Crippen LogP contribution in [-0.4, -0.2) is 60.5 Å². The Hall–Kier alpha value is -0.850. The first-order valence-electron chi connectivity index (χ1n) is 9.20. The minimum absolute atomic E-state index is 0. The third-order valence-electron chi connectivity index (χ3n) is 4.78. The van der Waals surface area contributed by atoms with Crippen molar-refractivity contribution in [3.63, 3.8) is 0 Å². The Kier molecular flexibility index (Phi) is 11.4. The zero-order chi connectivity index (χ0) is 18.4. The number of halogens is 3. The van der Waals surface area contributed by atoms with Crippen molar-refractivity contribution in [3.05, 3.63) is 59.1 Å². The molecule has 1 aliphatic rings. The highest BCUT2D eigenvalue weighted by atomic mass is 35.5. The molecule has 156 valence electrons. The first-order valence-corrected chi connectivity index (χ1v) is 9.58. The Morgan fingerprint density at radius 3 is 2.18 bits per heavy atom. The van der Waals surface area contributed by atoms with Gasteiger partial charge >= 0.3 is 0 Å². The van der Waals surface area contributed by atoms with Crippen LogP contribution in [0.4, 0.5) is 0 Å². The van der Waals surface area contributed by atoms with E-state index in [-0.39, 0.29) is 24.8 Å². The molecule has 2 aromatic rings. The molecule has 1 saturated heterocycles. The second-order valence-electron chi connectivity index (χ2n) is 6.76. The third-order valence-corrected chi connectivity index (χ3v) is 5.11. The number of hydrogen-bond acceptors (Lipinski definition) is 4. The van der Waals surface area contributed by atoms with Gasteiger partial charge in [0, 0.05) is 49.9 Å². The van der Waals surface area contributed by atoms with Crippen molar-refractivity contribution in [2.45, 2.75) is 19.8 Å². The topological polar surface area (TPSA) is 35.9 Å². The monoisotopic (exact) mass is 446 g/mol. The van der Waals surface area contributed by atoms with Crippen LogP contribution in [0.5, 0.6) is 0 Å². The van der Waals surface area contributed by atoms with E-state index < -0.39 is 6.29 Å². The normalized spacial score (nSPS) is 16.1. The van der Waals surface area contributed by atoms with Gasteiger partial charge in [-0.15, -0.1) is 24.8 Å². The number of nitrogens with zero attached hydrogens (tertiary/aromatic N) is 2. The van der Waals surface area contributed by atoms with Crippen LogP contribution in [0.25, 0.3) is 11.1 Å². The molecule has 1 fully saturated rings. The lowest BCUT2D eigenvalue weighted by molar-refractivity contribution is -0.0907. The molecule has 3 rings (SSSR count). The summed E-state index contributed by atoms with van der Waals surface area (Å²) in [5, 5.41) is 9.93. The first kappa shape index (κ1) is 25.2. The van der Waals surface area contributed by atoms with Gasteiger partial charge in [0.25, 0.3) is 0 Å². The number of piperazine rings is 1. The van der Waals surface area contributed by atoms with Gasteiger partial charge in [0.1, 0.15) is 0 Å². The maximum Gasteiger partial charge on any atom is 0.151 e. The van der Waals surface area contributed by atoms with Crippen LogP contribution in [0.3, 0.4) is 0 Å². The maximum atomic E-state index is 9.14. The van der Waals surface area contributed by atoms with E-state index >= 15 is 0 Å². The van der Waals surface area contributed by atoms with Gasteiger partial charge in [0.05, 0.1) is 6.61 Å². The second-order valence-corrected chi connectivity index (χ2v) is 7.17. The van der Waals surface area contributed by atoms with Gasteiger partial charge in [-0.05, 0) is 24.1 Å². The molecule has 1 N–H and O–H groups in total.